The standard InChI is InChI=1S/C12H9NOS/c1-8-6-13-10-4-2-3-5-11(10)15-12(13)9(8)7-14/h2-7H,1H3. The number of hydrogen-bond donors (Lipinski definition) is 0. The molecule has 0 atom stereocenters. The van der Waals surface area contributed by atoms with Crippen LogP contribution in [-0.4, -0.2) is 10.7 Å². The van der Waals surface area contributed by atoms with E-state index in [0.717, 1.165) is 22.2 Å². The molecule has 0 saturated carbocycles. The Balaban J connectivity index is 2.57. The molecule has 0 amide bonds. The third-order valence-electron chi connectivity index (χ3n) is 2.65. The van der Waals surface area contributed by atoms with Crippen molar-refractivity contribution in [1.29, 1.82) is 0 Å². The van der Waals surface area contributed by atoms with Gasteiger partial charge in [0.25, 0.3) is 0 Å². The molecule has 2 aromatic heterocycles. The summed E-state index contributed by atoms with van der Waals surface area (Å²) in [4.78, 5) is 12.0. The number of aryl methyl sites for hydroxylation is 1. The summed E-state index contributed by atoms with van der Waals surface area (Å²) >= 11 is 1.67. The van der Waals surface area contributed by atoms with Crippen LogP contribution < -0.4 is 0 Å². The Morgan fingerprint density at radius 3 is 2.93 bits per heavy atom. The number of carbonyl (C=O) groups excluding carboxylic acids is 1. The molecule has 3 heteroatoms. The van der Waals surface area contributed by atoms with Gasteiger partial charge in [-0.2, -0.15) is 0 Å². The lowest BCUT2D eigenvalue weighted by molar-refractivity contribution is 0.112. The monoisotopic (exact) mass is 215 g/mol. The molecule has 1 aromatic carbocycles. The minimum absolute atomic E-state index is 0.816. The van der Waals surface area contributed by atoms with Crippen LogP contribution in [-0.2, 0) is 0 Å². The number of carbonyl (C=O) groups is 1. The van der Waals surface area contributed by atoms with Crippen LogP contribution in [0.25, 0.3) is 15.0 Å². The van der Waals surface area contributed by atoms with E-state index in [-0.39, 0.29) is 0 Å². The number of nitrogens with zero attached hydrogens (tertiary/aromatic N) is 1. The van der Waals surface area contributed by atoms with Crippen LogP contribution in [0.1, 0.15) is 15.9 Å². The fourth-order valence-corrected chi connectivity index (χ4v) is 3.09. The average molecular weight is 215 g/mol. The fourth-order valence-electron chi connectivity index (χ4n) is 1.89. The summed E-state index contributed by atoms with van der Waals surface area (Å²) in [6.45, 7) is 1.97. The fraction of sp³-hybridized carbons (Fsp3) is 0.0833. The first kappa shape index (κ1) is 8.68. The molecule has 2 heterocycles. The smallest absolute Gasteiger partial charge is 0.153 e. The van der Waals surface area contributed by atoms with Crippen molar-refractivity contribution in [3.05, 3.63) is 41.6 Å². The zero-order valence-electron chi connectivity index (χ0n) is 8.23. The van der Waals surface area contributed by atoms with Crippen molar-refractivity contribution >= 4 is 32.7 Å². The maximum absolute atomic E-state index is 11.0. The molecule has 0 saturated heterocycles. The van der Waals surface area contributed by atoms with Crippen molar-refractivity contribution in [1.82, 2.24) is 4.40 Å². The zero-order chi connectivity index (χ0) is 10.4. The molecule has 0 fully saturated rings. The maximum atomic E-state index is 11.0. The van der Waals surface area contributed by atoms with Crippen LogP contribution in [0.2, 0.25) is 0 Å². The van der Waals surface area contributed by atoms with E-state index in [1.54, 1.807) is 11.3 Å². The Bertz CT molecular complexity index is 663. The Morgan fingerprint density at radius 2 is 2.13 bits per heavy atom. The van der Waals surface area contributed by atoms with Crippen molar-refractivity contribution in [2.24, 2.45) is 0 Å². The van der Waals surface area contributed by atoms with Gasteiger partial charge >= 0.3 is 0 Å². The Morgan fingerprint density at radius 1 is 1.33 bits per heavy atom. The normalized spacial score (nSPS) is 11.3. The van der Waals surface area contributed by atoms with E-state index < -0.39 is 0 Å². The number of benzene rings is 1. The summed E-state index contributed by atoms with van der Waals surface area (Å²) in [5, 5.41) is 0. The predicted molar refractivity (Wildman–Crippen MR) is 62.9 cm³/mol. The number of aromatic nitrogens is 1. The highest BCUT2D eigenvalue weighted by molar-refractivity contribution is 7.24. The summed E-state index contributed by atoms with van der Waals surface area (Å²) in [5.41, 5.74) is 3.03. The molecule has 0 aliphatic heterocycles. The number of rotatable bonds is 1. The molecule has 0 unspecified atom stereocenters. The molecule has 3 aromatic rings. The summed E-state index contributed by atoms with van der Waals surface area (Å²) < 4.78 is 3.31. The average Bonchev–Trinajstić information content (AvgIpc) is 2.72. The molecular weight excluding hydrogens is 206 g/mol. The minimum Gasteiger partial charge on any atom is -0.306 e. The van der Waals surface area contributed by atoms with Gasteiger partial charge in [0.1, 0.15) is 4.83 Å². The molecular formula is C12H9NOS. The summed E-state index contributed by atoms with van der Waals surface area (Å²) in [7, 11) is 0. The number of para-hydroxylation sites is 1. The van der Waals surface area contributed by atoms with Gasteiger partial charge in [0, 0.05) is 6.20 Å². The van der Waals surface area contributed by atoms with Gasteiger partial charge in [-0.1, -0.05) is 12.1 Å². The highest BCUT2D eigenvalue weighted by Crippen LogP contribution is 2.30. The topological polar surface area (TPSA) is 21.5 Å². The Hall–Kier alpha value is -1.61. The van der Waals surface area contributed by atoms with Crippen LogP contribution in [0.15, 0.2) is 30.5 Å². The second kappa shape index (κ2) is 2.94. The van der Waals surface area contributed by atoms with Gasteiger partial charge in [0.05, 0.1) is 15.8 Å². The SMILES string of the molecule is Cc1cn2c(sc3ccccc32)c1C=O. The van der Waals surface area contributed by atoms with Crippen molar-refractivity contribution in [3.63, 3.8) is 0 Å². The van der Waals surface area contributed by atoms with Crippen molar-refractivity contribution in [2.75, 3.05) is 0 Å². The molecule has 3 rings (SSSR count). The molecule has 2 nitrogen and oxygen atoms in total. The molecule has 0 aliphatic carbocycles. The van der Waals surface area contributed by atoms with E-state index in [0.29, 0.717) is 0 Å². The van der Waals surface area contributed by atoms with Gasteiger partial charge < -0.3 is 4.40 Å². The van der Waals surface area contributed by atoms with Crippen molar-refractivity contribution < 1.29 is 4.79 Å². The molecule has 0 N–H and O–H groups in total. The third-order valence-corrected chi connectivity index (χ3v) is 3.82. The summed E-state index contributed by atoms with van der Waals surface area (Å²) in [6, 6.07) is 8.19. The molecule has 0 aliphatic rings. The minimum atomic E-state index is 0.816. The Kier molecular flexibility index (Phi) is 1.70. The van der Waals surface area contributed by atoms with E-state index in [2.05, 4.69) is 16.5 Å². The third kappa shape index (κ3) is 1.07. The first-order chi connectivity index (χ1) is 7.31. The highest BCUT2D eigenvalue weighted by Gasteiger charge is 2.11. The van der Waals surface area contributed by atoms with Gasteiger partial charge in [-0.3, -0.25) is 4.79 Å². The van der Waals surface area contributed by atoms with E-state index in [4.69, 9.17) is 0 Å². The van der Waals surface area contributed by atoms with E-state index >= 15 is 0 Å². The Labute approximate surface area is 90.8 Å². The van der Waals surface area contributed by atoms with E-state index in [1.165, 1.54) is 10.2 Å². The quantitative estimate of drug-likeness (QED) is 0.571. The van der Waals surface area contributed by atoms with Gasteiger partial charge in [-0.15, -0.1) is 11.3 Å². The van der Waals surface area contributed by atoms with Crippen LogP contribution >= 0.6 is 11.3 Å². The molecule has 0 radical (unpaired) electrons. The van der Waals surface area contributed by atoms with Crippen LogP contribution in [0.4, 0.5) is 0 Å². The van der Waals surface area contributed by atoms with Crippen LogP contribution in [0.3, 0.4) is 0 Å². The summed E-state index contributed by atoms with van der Waals surface area (Å²) in [6.07, 6.45) is 2.97. The van der Waals surface area contributed by atoms with E-state index in [1.807, 2.05) is 25.3 Å². The van der Waals surface area contributed by atoms with E-state index in [9.17, 15) is 4.79 Å². The summed E-state index contributed by atoms with van der Waals surface area (Å²) in [5.74, 6) is 0. The van der Waals surface area contributed by atoms with Crippen LogP contribution in [0, 0.1) is 6.92 Å². The number of fused-ring (bicyclic) bond motifs is 3. The second-order valence-corrected chi connectivity index (χ2v) is 4.62. The van der Waals surface area contributed by atoms with Gasteiger partial charge in [-0.05, 0) is 24.6 Å². The maximum Gasteiger partial charge on any atom is 0.153 e. The number of thiazole rings is 1. The van der Waals surface area contributed by atoms with Crippen molar-refractivity contribution in [3.8, 4) is 0 Å². The highest BCUT2D eigenvalue weighted by atomic mass is 32.1. The predicted octanol–water partition coefficient (Wildman–Crippen LogP) is 3.27. The number of aldehydes is 1. The second-order valence-electron chi connectivity index (χ2n) is 3.59. The molecule has 0 bridgehead atoms. The number of hydrogen-bond acceptors (Lipinski definition) is 2. The lowest BCUT2D eigenvalue weighted by atomic mass is 10.2. The molecule has 74 valence electrons. The van der Waals surface area contributed by atoms with Gasteiger partial charge in [-0.25, -0.2) is 0 Å². The largest absolute Gasteiger partial charge is 0.306 e. The zero-order valence-corrected chi connectivity index (χ0v) is 9.04. The van der Waals surface area contributed by atoms with Gasteiger partial charge in [0.2, 0.25) is 0 Å². The first-order valence-electron chi connectivity index (χ1n) is 4.75. The lowest BCUT2D eigenvalue weighted by Crippen LogP contribution is -1.76. The molecule has 15 heavy (non-hydrogen) atoms. The molecule has 0 spiro atoms. The first-order valence-corrected chi connectivity index (χ1v) is 5.57. The van der Waals surface area contributed by atoms with Crippen molar-refractivity contribution in [2.45, 2.75) is 6.92 Å². The van der Waals surface area contributed by atoms with Gasteiger partial charge in [0.15, 0.2) is 6.29 Å². The van der Waals surface area contributed by atoms with Crippen LogP contribution in [0.5, 0.6) is 0 Å². The lowest BCUT2D eigenvalue weighted by Gasteiger charge is -1.88.